The summed E-state index contributed by atoms with van der Waals surface area (Å²) >= 11 is 0. The Bertz CT molecular complexity index is 538. The third kappa shape index (κ3) is 14.5. The maximum atomic E-state index is 11.1. The summed E-state index contributed by atoms with van der Waals surface area (Å²) in [4.78, 5) is 31.4. The predicted molar refractivity (Wildman–Crippen MR) is 106 cm³/mol. The summed E-state index contributed by atoms with van der Waals surface area (Å²) in [6.45, 7) is 2.15. The molecule has 0 heterocycles. The second kappa shape index (κ2) is 17.1. The van der Waals surface area contributed by atoms with Gasteiger partial charge in [0.25, 0.3) is 0 Å². The number of allylic oxidation sites excluding steroid dienone is 4. The van der Waals surface area contributed by atoms with E-state index in [9.17, 15) is 25.0 Å². The Labute approximate surface area is 161 Å². The molecule has 0 aliphatic rings. The Morgan fingerprint density at radius 2 is 1.44 bits per heavy atom. The molecule has 0 amide bonds. The summed E-state index contributed by atoms with van der Waals surface area (Å²) in [5.41, 5.74) is -0.0473. The highest BCUT2D eigenvalue weighted by atomic mass is 16.6. The molecule has 0 rings (SSSR count). The van der Waals surface area contributed by atoms with Gasteiger partial charge in [-0.3, -0.25) is 25.0 Å². The van der Waals surface area contributed by atoms with Crippen molar-refractivity contribution in [2.45, 2.75) is 84.0 Å². The zero-order valence-electron chi connectivity index (χ0n) is 16.2. The summed E-state index contributed by atoms with van der Waals surface area (Å²) in [7, 11) is 0. The van der Waals surface area contributed by atoms with Crippen molar-refractivity contribution >= 4 is 6.29 Å². The first-order valence-electron chi connectivity index (χ1n) is 9.69. The molecule has 0 aliphatic carbocycles. The van der Waals surface area contributed by atoms with Crippen LogP contribution in [-0.2, 0) is 4.79 Å². The fourth-order valence-corrected chi connectivity index (χ4v) is 2.49. The van der Waals surface area contributed by atoms with Crippen molar-refractivity contribution in [3.8, 4) is 0 Å². The summed E-state index contributed by atoms with van der Waals surface area (Å²) in [6, 6.07) is 0. The van der Waals surface area contributed by atoms with Crippen LogP contribution in [0.15, 0.2) is 35.7 Å². The maximum absolute atomic E-state index is 11.1. The van der Waals surface area contributed by atoms with E-state index in [4.69, 9.17) is 0 Å². The minimum absolute atomic E-state index is 0.00779. The van der Waals surface area contributed by atoms with E-state index in [-0.39, 0.29) is 24.2 Å². The lowest BCUT2D eigenvalue weighted by atomic mass is 10.1. The molecule has 0 atom stereocenters. The Kier molecular flexibility index (Phi) is 15.7. The summed E-state index contributed by atoms with van der Waals surface area (Å²) in [5, 5.41) is 22.2. The predicted octanol–water partition coefficient (Wildman–Crippen LogP) is 5.67. The molecule has 0 N–H and O–H groups in total. The number of rotatable bonds is 17. The highest BCUT2D eigenvalue weighted by Gasteiger charge is 2.13. The van der Waals surface area contributed by atoms with Crippen molar-refractivity contribution in [1.82, 2.24) is 0 Å². The van der Waals surface area contributed by atoms with Crippen molar-refractivity contribution in [3.63, 3.8) is 0 Å². The average Bonchev–Trinajstić information content (AvgIpc) is 2.63. The number of nitrogens with zero attached hydrogens (tertiary/aromatic N) is 2. The van der Waals surface area contributed by atoms with Crippen LogP contribution in [0.3, 0.4) is 0 Å². The number of unbranched alkanes of at least 4 members (excludes halogenated alkanes) is 8. The number of nitro groups is 2. The van der Waals surface area contributed by atoms with Crippen LogP contribution in [0.25, 0.3) is 0 Å². The van der Waals surface area contributed by atoms with Crippen molar-refractivity contribution in [3.05, 3.63) is 55.9 Å². The Morgan fingerprint density at radius 3 is 2.07 bits per heavy atom. The molecule has 0 aromatic carbocycles. The van der Waals surface area contributed by atoms with Crippen LogP contribution in [-0.4, -0.2) is 16.1 Å². The second-order valence-corrected chi connectivity index (χ2v) is 6.38. The van der Waals surface area contributed by atoms with Gasteiger partial charge in [-0.15, -0.1) is 0 Å². The molecule has 7 heteroatoms. The van der Waals surface area contributed by atoms with Crippen molar-refractivity contribution in [2.75, 3.05) is 0 Å². The second-order valence-electron chi connectivity index (χ2n) is 6.38. The van der Waals surface area contributed by atoms with Gasteiger partial charge in [0, 0.05) is 6.42 Å². The number of carbonyl (C=O) groups excluding carboxylic acids is 1. The zero-order valence-corrected chi connectivity index (χ0v) is 16.2. The normalized spacial score (nSPS) is 12.5. The first-order valence-corrected chi connectivity index (χ1v) is 9.69. The van der Waals surface area contributed by atoms with E-state index in [1.807, 2.05) is 0 Å². The molecular weight excluding hydrogens is 348 g/mol. The van der Waals surface area contributed by atoms with Crippen molar-refractivity contribution < 1.29 is 14.6 Å². The molecule has 1 radical (unpaired) electrons. The molecule has 151 valence electrons. The summed E-state index contributed by atoms with van der Waals surface area (Å²) in [5.74, 6) is 0. The standard InChI is InChI=1S/C20H31N2O5/c1-2-3-4-5-6-8-11-14-19(21(24)25)16-17-20(22(26)27)15-12-9-7-10-13-18-23/h9,12,14,17H,2-8,10-11,13,15-16H2,1H3/b12-9-,19-14+,20-17+. The average molecular weight is 379 g/mol. The van der Waals surface area contributed by atoms with Gasteiger partial charge in [-0.2, -0.15) is 0 Å². The van der Waals surface area contributed by atoms with Gasteiger partial charge in [-0.05, 0) is 37.8 Å². The van der Waals surface area contributed by atoms with Gasteiger partial charge in [-0.1, -0.05) is 51.2 Å². The highest BCUT2D eigenvalue weighted by Crippen LogP contribution is 2.14. The first-order chi connectivity index (χ1) is 13.0. The topological polar surface area (TPSA) is 103 Å². The molecule has 0 spiro atoms. The monoisotopic (exact) mass is 379 g/mol. The number of hydrogen-bond acceptors (Lipinski definition) is 5. The van der Waals surface area contributed by atoms with Crippen molar-refractivity contribution in [2.24, 2.45) is 0 Å². The molecule has 7 nitrogen and oxygen atoms in total. The molecular formula is C20H31N2O5. The van der Waals surface area contributed by atoms with E-state index in [1.54, 1.807) is 24.5 Å². The maximum Gasteiger partial charge on any atom is 0.246 e. The molecule has 0 aliphatic heterocycles. The molecule has 27 heavy (non-hydrogen) atoms. The minimum atomic E-state index is -0.505. The molecule has 0 aromatic heterocycles. The Balaban J connectivity index is 4.51. The largest absolute Gasteiger partial charge is 0.291 e. The van der Waals surface area contributed by atoms with Gasteiger partial charge in [0.2, 0.25) is 11.4 Å². The van der Waals surface area contributed by atoms with E-state index in [0.717, 1.165) is 19.3 Å². The Hall–Kier alpha value is -2.31. The lowest BCUT2D eigenvalue weighted by Gasteiger charge is -1.99. The third-order valence-corrected chi connectivity index (χ3v) is 4.10. The van der Waals surface area contributed by atoms with Crippen LogP contribution < -0.4 is 0 Å². The van der Waals surface area contributed by atoms with Crippen LogP contribution in [0, 0.1) is 20.2 Å². The van der Waals surface area contributed by atoms with Crippen LogP contribution >= 0.6 is 0 Å². The molecule has 0 saturated carbocycles. The Morgan fingerprint density at radius 1 is 0.815 bits per heavy atom. The quantitative estimate of drug-likeness (QED) is 0.140. The van der Waals surface area contributed by atoms with Crippen molar-refractivity contribution in [1.29, 1.82) is 0 Å². The van der Waals surface area contributed by atoms with Crippen LogP contribution in [0.4, 0.5) is 0 Å². The first kappa shape index (κ1) is 24.7. The summed E-state index contributed by atoms with van der Waals surface area (Å²) < 4.78 is 0. The van der Waals surface area contributed by atoms with Crippen LogP contribution in [0.2, 0.25) is 0 Å². The van der Waals surface area contributed by atoms with Gasteiger partial charge in [0.15, 0.2) is 6.29 Å². The fraction of sp³-hybridized carbons (Fsp3) is 0.650. The van der Waals surface area contributed by atoms with E-state index in [0.29, 0.717) is 25.7 Å². The molecule has 0 fully saturated rings. The summed E-state index contributed by atoms with van der Waals surface area (Å²) in [6.07, 6.45) is 17.1. The van der Waals surface area contributed by atoms with Gasteiger partial charge in [-0.25, -0.2) is 0 Å². The molecule has 0 saturated heterocycles. The molecule has 0 bridgehead atoms. The lowest BCUT2D eigenvalue weighted by Crippen LogP contribution is -2.01. The van der Waals surface area contributed by atoms with Gasteiger partial charge >= 0.3 is 0 Å². The van der Waals surface area contributed by atoms with Gasteiger partial charge < -0.3 is 0 Å². The van der Waals surface area contributed by atoms with E-state index >= 15 is 0 Å². The van der Waals surface area contributed by atoms with Gasteiger partial charge in [0.05, 0.1) is 22.7 Å². The van der Waals surface area contributed by atoms with E-state index in [2.05, 4.69) is 6.92 Å². The zero-order chi connectivity index (χ0) is 20.3. The lowest BCUT2D eigenvalue weighted by molar-refractivity contribution is -0.431. The van der Waals surface area contributed by atoms with Crippen LogP contribution in [0.5, 0.6) is 0 Å². The smallest absolute Gasteiger partial charge is 0.246 e. The SMILES string of the molecule is CCCCCCCC/C=C(\C/C=C(\C/C=C\CCC[C]=O)[N+](=O)[O-])[N+](=O)[O-]. The number of hydrogen-bond donors (Lipinski definition) is 0. The van der Waals surface area contributed by atoms with E-state index < -0.39 is 9.85 Å². The molecule has 0 unspecified atom stereocenters. The highest BCUT2D eigenvalue weighted by molar-refractivity contribution is 5.50. The van der Waals surface area contributed by atoms with E-state index in [1.165, 1.54) is 25.3 Å². The fourth-order valence-electron chi connectivity index (χ4n) is 2.49. The third-order valence-electron chi connectivity index (χ3n) is 4.10. The van der Waals surface area contributed by atoms with Crippen LogP contribution in [0.1, 0.15) is 84.0 Å². The minimum Gasteiger partial charge on any atom is -0.291 e. The van der Waals surface area contributed by atoms with Gasteiger partial charge in [0.1, 0.15) is 0 Å². The molecule has 0 aromatic rings.